The summed E-state index contributed by atoms with van der Waals surface area (Å²) in [7, 11) is 4.10. The van der Waals surface area contributed by atoms with Crippen LogP contribution in [-0.2, 0) is 4.79 Å². The van der Waals surface area contributed by atoms with Gasteiger partial charge in [-0.2, -0.15) is 0 Å². The van der Waals surface area contributed by atoms with E-state index in [1.165, 1.54) is 5.56 Å². The number of rotatable bonds is 5. The average molecular weight is 259 g/mol. The minimum Gasteiger partial charge on any atom is -0.342 e. The summed E-state index contributed by atoms with van der Waals surface area (Å²) in [5, 5.41) is 0. The lowest BCUT2D eigenvalue weighted by Crippen LogP contribution is -2.20. The predicted molar refractivity (Wildman–Crippen MR) is 77.2 cm³/mol. The average Bonchev–Trinajstić information content (AvgIpc) is 2.67. The second-order valence-electron chi connectivity index (χ2n) is 5.32. The number of H-pyrrole nitrogens is 1. The number of carbonyl (C=O) groups excluding carboxylic acids is 1. The van der Waals surface area contributed by atoms with E-state index in [2.05, 4.69) is 27.0 Å². The minimum atomic E-state index is 0.241. The molecule has 19 heavy (non-hydrogen) atoms. The Morgan fingerprint density at radius 2 is 2.16 bits per heavy atom. The van der Waals surface area contributed by atoms with Crippen molar-refractivity contribution in [2.24, 2.45) is 0 Å². The quantitative estimate of drug-likeness (QED) is 0.898. The fourth-order valence-electron chi connectivity index (χ4n) is 2.43. The van der Waals surface area contributed by atoms with Crippen molar-refractivity contribution in [3.05, 3.63) is 29.6 Å². The van der Waals surface area contributed by atoms with Crippen LogP contribution < -0.4 is 0 Å². The summed E-state index contributed by atoms with van der Waals surface area (Å²) in [6, 6.07) is 6.54. The van der Waals surface area contributed by atoms with E-state index in [0.29, 0.717) is 6.42 Å². The molecule has 0 aliphatic heterocycles. The van der Waals surface area contributed by atoms with Gasteiger partial charge in [-0.15, -0.1) is 0 Å². The Balaban J connectivity index is 2.29. The van der Waals surface area contributed by atoms with Gasteiger partial charge in [0.1, 0.15) is 11.6 Å². The van der Waals surface area contributed by atoms with Gasteiger partial charge in [-0.25, -0.2) is 4.98 Å². The fourth-order valence-corrected chi connectivity index (χ4v) is 2.43. The Morgan fingerprint density at radius 3 is 2.79 bits per heavy atom. The molecule has 0 aliphatic carbocycles. The van der Waals surface area contributed by atoms with E-state index >= 15 is 0 Å². The highest BCUT2D eigenvalue weighted by molar-refractivity contribution is 5.76. The van der Waals surface area contributed by atoms with Crippen molar-refractivity contribution in [2.75, 3.05) is 14.1 Å². The number of Topliss-reactive ketones (excluding diaryl/α,β-unsaturated/α-hetero) is 1. The molecule has 0 radical (unpaired) electrons. The Morgan fingerprint density at radius 1 is 1.42 bits per heavy atom. The Kier molecular flexibility index (Phi) is 4.00. The van der Waals surface area contributed by atoms with Crippen molar-refractivity contribution in [2.45, 2.75) is 32.7 Å². The number of nitrogens with one attached hydrogen (secondary N) is 1. The molecule has 0 saturated heterocycles. The monoisotopic (exact) mass is 259 g/mol. The van der Waals surface area contributed by atoms with Gasteiger partial charge in [-0.3, -0.25) is 0 Å². The fraction of sp³-hybridized carbons (Fsp3) is 0.467. The summed E-state index contributed by atoms with van der Waals surface area (Å²) in [6.07, 6.45) is 1.46. The molecule has 4 heteroatoms. The number of nitrogens with zero attached hydrogens (tertiary/aromatic N) is 2. The number of hydrogen-bond acceptors (Lipinski definition) is 3. The molecular weight excluding hydrogens is 238 g/mol. The maximum atomic E-state index is 11.2. The van der Waals surface area contributed by atoms with Crippen LogP contribution in [0, 0.1) is 6.92 Å². The number of ketones is 1. The van der Waals surface area contributed by atoms with E-state index in [1.54, 1.807) is 6.92 Å². The molecular formula is C15H21N3O. The molecule has 0 aliphatic rings. The number of aromatic nitrogens is 2. The minimum absolute atomic E-state index is 0.241. The number of fused-ring (bicyclic) bond motifs is 1. The highest BCUT2D eigenvalue weighted by Gasteiger charge is 2.15. The van der Waals surface area contributed by atoms with E-state index in [9.17, 15) is 4.79 Å². The van der Waals surface area contributed by atoms with E-state index in [0.717, 1.165) is 23.3 Å². The van der Waals surface area contributed by atoms with Crippen LogP contribution in [0.3, 0.4) is 0 Å². The molecule has 0 saturated carbocycles. The molecule has 0 spiro atoms. The molecule has 2 aromatic rings. The first-order chi connectivity index (χ1) is 8.97. The molecule has 1 atom stereocenters. The molecule has 1 heterocycles. The van der Waals surface area contributed by atoms with Gasteiger partial charge in [0.25, 0.3) is 0 Å². The third-order valence-corrected chi connectivity index (χ3v) is 3.40. The lowest BCUT2D eigenvalue weighted by atomic mass is 9.99. The SMILES string of the molecule is CC(=O)CCC(c1ccc2nc(C)[nH]c2c1)N(C)C. The number of aromatic amines is 1. The highest BCUT2D eigenvalue weighted by atomic mass is 16.1. The molecule has 4 nitrogen and oxygen atoms in total. The van der Waals surface area contributed by atoms with Gasteiger partial charge in [0.15, 0.2) is 0 Å². The summed E-state index contributed by atoms with van der Waals surface area (Å²) in [4.78, 5) is 21.0. The van der Waals surface area contributed by atoms with E-state index in [1.807, 2.05) is 27.1 Å². The summed E-state index contributed by atoms with van der Waals surface area (Å²) >= 11 is 0. The molecule has 1 unspecified atom stereocenters. The van der Waals surface area contributed by atoms with Crippen LogP contribution in [0.4, 0.5) is 0 Å². The smallest absolute Gasteiger partial charge is 0.129 e. The van der Waals surface area contributed by atoms with Crippen LogP contribution in [0.5, 0.6) is 0 Å². The summed E-state index contributed by atoms with van der Waals surface area (Å²) in [6.45, 7) is 3.60. The normalized spacial score (nSPS) is 13.1. The Labute approximate surface area is 113 Å². The van der Waals surface area contributed by atoms with Gasteiger partial charge in [-0.1, -0.05) is 6.07 Å². The molecule has 0 bridgehead atoms. The van der Waals surface area contributed by atoms with Crippen molar-refractivity contribution >= 4 is 16.8 Å². The van der Waals surface area contributed by atoms with Crippen LogP contribution in [0.15, 0.2) is 18.2 Å². The predicted octanol–water partition coefficient (Wildman–Crippen LogP) is 2.84. The van der Waals surface area contributed by atoms with Crippen LogP contribution in [0.25, 0.3) is 11.0 Å². The van der Waals surface area contributed by atoms with Crippen molar-refractivity contribution < 1.29 is 4.79 Å². The highest BCUT2D eigenvalue weighted by Crippen LogP contribution is 2.26. The second kappa shape index (κ2) is 5.53. The molecule has 1 aromatic carbocycles. The number of imidazole rings is 1. The third-order valence-electron chi connectivity index (χ3n) is 3.40. The van der Waals surface area contributed by atoms with E-state index < -0.39 is 0 Å². The number of carbonyl (C=O) groups is 1. The van der Waals surface area contributed by atoms with Crippen molar-refractivity contribution in [3.63, 3.8) is 0 Å². The first-order valence-corrected chi connectivity index (χ1v) is 6.59. The molecule has 0 fully saturated rings. The first-order valence-electron chi connectivity index (χ1n) is 6.59. The molecule has 1 N–H and O–H groups in total. The van der Waals surface area contributed by atoms with Gasteiger partial charge in [-0.05, 0) is 52.1 Å². The summed E-state index contributed by atoms with van der Waals surface area (Å²) in [5.41, 5.74) is 3.28. The van der Waals surface area contributed by atoms with Gasteiger partial charge in [0.05, 0.1) is 11.0 Å². The maximum absolute atomic E-state index is 11.2. The lowest BCUT2D eigenvalue weighted by molar-refractivity contribution is -0.117. The van der Waals surface area contributed by atoms with Crippen LogP contribution >= 0.6 is 0 Å². The zero-order valence-corrected chi connectivity index (χ0v) is 12.0. The van der Waals surface area contributed by atoms with Crippen molar-refractivity contribution in [1.82, 2.24) is 14.9 Å². The topological polar surface area (TPSA) is 49.0 Å². The molecule has 2 rings (SSSR count). The van der Waals surface area contributed by atoms with Gasteiger partial charge >= 0.3 is 0 Å². The largest absolute Gasteiger partial charge is 0.342 e. The van der Waals surface area contributed by atoms with Gasteiger partial charge < -0.3 is 14.7 Å². The van der Waals surface area contributed by atoms with E-state index in [4.69, 9.17) is 0 Å². The van der Waals surface area contributed by atoms with Gasteiger partial charge in [0.2, 0.25) is 0 Å². The molecule has 1 aromatic heterocycles. The van der Waals surface area contributed by atoms with Crippen molar-refractivity contribution in [1.29, 1.82) is 0 Å². The second-order valence-corrected chi connectivity index (χ2v) is 5.32. The third kappa shape index (κ3) is 3.20. The van der Waals surface area contributed by atoms with Crippen LogP contribution in [-0.4, -0.2) is 34.7 Å². The lowest BCUT2D eigenvalue weighted by Gasteiger charge is -2.24. The maximum Gasteiger partial charge on any atom is 0.129 e. The molecule has 0 amide bonds. The van der Waals surface area contributed by atoms with Crippen LogP contribution in [0.1, 0.15) is 37.2 Å². The Hall–Kier alpha value is -1.68. The summed E-state index contributed by atoms with van der Waals surface area (Å²) < 4.78 is 0. The standard InChI is InChI=1S/C15H21N3O/c1-10(19)5-8-15(18(3)4)12-6-7-13-14(9-12)17-11(2)16-13/h6-7,9,15H,5,8H2,1-4H3,(H,16,17). The van der Waals surface area contributed by atoms with Crippen LogP contribution in [0.2, 0.25) is 0 Å². The first kappa shape index (κ1) is 13.7. The number of benzene rings is 1. The molecule has 102 valence electrons. The number of aryl methyl sites for hydroxylation is 1. The van der Waals surface area contributed by atoms with Crippen molar-refractivity contribution in [3.8, 4) is 0 Å². The number of hydrogen-bond donors (Lipinski definition) is 1. The zero-order chi connectivity index (χ0) is 14.0. The zero-order valence-electron chi connectivity index (χ0n) is 12.0. The Bertz CT molecular complexity index is 586. The summed E-state index contributed by atoms with van der Waals surface area (Å²) in [5.74, 6) is 1.17. The van der Waals surface area contributed by atoms with E-state index in [-0.39, 0.29) is 11.8 Å². The van der Waals surface area contributed by atoms with Gasteiger partial charge in [0, 0.05) is 12.5 Å².